The zero-order chi connectivity index (χ0) is 42.1. The van der Waals surface area contributed by atoms with Gasteiger partial charge < -0.3 is 25.2 Å². The number of unbranched alkanes of at least 4 members (excludes halogenated alkanes) is 19. The molecule has 0 radical (unpaired) electrons. The summed E-state index contributed by atoms with van der Waals surface area (Å²) < 4.78 is 32.6. The molecule has 0 rings (SSSR count). The third-order valence-electron chi connectivity index (χ3n) is 9.33. The maximum absolute atomic E-state index is 12.6. The minimum atomic E-state index is -4.73. The molecule has 0 aromatic rings. The molecule has 3 atom stereocenters. The van der Waals surface area contributed by atoms with E-state index in [9.17, 15) is 23.8 Å². The van der Waals surface area contributed by atoms with Crippen LogP contribution in [-0.2, 0) is 37.5 Å². The van der Waals surface area contributed by atoms with E-state index < -0.39 is 51.1 Å². The molecule has 0 fully saturated rings. The van der Waals surface area contributed by atoms with Gasteiger partial charge in [0, 0.05) is 12.8 Å². The Bertz CT molecular complexity index is 1150. The Morgan fingerprint density at radius 1 is 0.544 bits per heavy atom. The number of ether oxygens (including phenoxy) is 2. The maximum atomic E-state index is 12.6. The van der Waals surface area contributed by atoms with E-state index in [2.05, 4.69) is 54.8 Å². The molecule has 0 aromatic heterocycles. The molecule has 0 saturated carbocycles. The van der Waals surface area contributed by atoms with Gasteiger partial charge in [0.15, 0.2) is 6.10 Å². The van der Waals surface area contributed by atoms with Crippen LogP contribution in [0.2, 0.25) is 0 Å². The van der Waals surface area contributed by atoms with Gasteiger partial charge in [0.25, 0.3) is 0 Å². The van der Waals surface area contributed by atoms with Crippen molar-refractivity contribution in [1.29, 1.82) is 0 Å². The van der Waals surface area contributed by atoms with E-state index in [1.165, 1.54) is 96.3 Å². The van der Waals surface area contributed by atoms with E-state index in [1.54, 1.807) is 0 Å². The average Bonchev–Trinajstić information content (AvgIpc) is 3.19. The molecule has 0 aliphatic rings. The molecular weight excluding hydrogens is 745 g/mol. The predicted octanol–water partition coefficient (Wildman–Crippen LogP) is 11.8. The van der Waals surface area contributed by atoms with E-state index in [-0.39, 0.29) is 19.4 Å². The summed E-state index contributed by atoms with van der Waals surface area (Å²) in [5, 5.41) is 8.89. The lowest BCUT2D eigenvalue weighted by molar-refractivity contribution is -0.161. The maximum Gasteiger partial charge on any atom is 0.472 e. The summed E-state index contributed by atoms with van der Waals surface area (Å²) in [6.45, 7) is 2.73. The van der Waals surface area contributed by atoms with Crippen LogP contribution in [0.1, 0.15) is 187 Å². The molecule has 0 aliphatic heterocycles. The van der Waals surface area contributed by atoms with Gasteiger partial charge in [-0.3, -0.25) is 23.4 Å². The lowest BCUT2D eigenvalue weighted by Gasteiger charge is -2.20. The number of nitrogens with two attached hydrogens (primary N) is 1. The average molecular weight is 826 g/mol. The number of carbonyl (C=O) groups is 3. The number of allylic oxidation sites excluding steroid dienone is 8. The largest absolute Gasteiger partial charge is 0.480 e. The smallest absolute Gasteiger partial charge is 0.472 e. The number of hydrogen-bond donors (Lipinski definition) is 3. The summed E-state index contributed by atoms with van der Waals surface area (Å²) in [6, 6.07) is -1.53. The van der Waals surface area contributed by atoms with Crippen molar-refractivity contribution in [1.82, 2.24) is 0 Å². The van der Waals surface area contributed by atoms with Crippen LogP contribution >= 0.6 is 7.82 Å². The number of carboxylic acids is 1. The highest BCUT2D eigenvalue weighted by atomic mass is 31.2. The second-order valence-corrected chi connectivity index (χ2v) is 16.3. The molecule has 0 bridgehead atoms. The van der Waals surface area contributed by atoms with Crippen molar-refractivity contribution in [3.8, 4) is 0 Å². The van der Waals surface area contributed by atoms with Crippen molar-refractivity contribution < 1.29 is 47.5 Å². The quantitative estimate of drug-likeness (QED) is 0.0232. The van der Waals surface area contributed by atoms with E-state index in [0.717, 1.165) is 44.9 Å². The molecule has 0 saturated heterocycles. The first-order chi connectivity index (χ1) is 27.6. The Kier molecular flexibility index (Phi) is 38.4. The van der Waals surface area contributed by atoms with Crippen LogP contribution in [0.15, 0.2) is 48.6 Å². The van der Waals surface area contributed by atoms with E-state index in [0.29, 0.717) is 19.3 Å². The topological polar surface area (TPSA) is 172 Å². The lowest BCUT2D eigenvalue weighted by atomic mass is 10.0. The number of phosphoric ester groups is 1. The molecule has 0 aromatic carbocycles. The van der Waals surface area contributed by atoms with Crippen LogP contribution in [-0.4, -0.2) is 59.9 Å². The van der Waals surface area contributed by atoms with Gasteiger partial charge in [0.2, 0.25) is 0 Å². The Labute approximate surface area is 345 Å². The van der Waals surface area contributed by atoms with Crippen molar-refractivity contribution in [2.45, 2.75) is 199 Å². The molecular formula is C45H80NO10P. The first-order valence-electron chi connectivity index (χ1n) is 22.2. The fourth-order valence-electron chi connectivity index (χ4n) is 5.82. The van der Waals surface area contributed by atoms with E-state index in [1.807, 2.05) is 12.2 Å². The fraction of sp³-hybridized carbons (Fsp3) is 0.756. The van der Waals surface area contributed by atoms with Gasteiger partial charge in [0.1, 0.15) is 12.6 Å². The number of phosphoric acid groups is 1. The molecule has 12 heteroatoms. The molecule has 11 nitrogen and oxygen atoms in total. The highest BCUT2D eigenvalue weighted by molar-refractivity contribution is 7.47. The Balaban J connectivity index is 4.44. The van der Waals surface area contributed by atoms with Crippen LogP contribution in [0.5, 0.6) is 0 Å². The molecule has 0 amide bonds. The van der Waals surface area contributed by atoms with Crippen LogP contribution in [0, 0.1) is 0 Å². The summed E-state index contributed by atoms with van der Waals surface area (Å²) in [5.41, 5.74) is 5.33. The van der Waals surface area contributed by atoms with Gasteiger partial charge in [0.05, 0.1) is 13.2 Å². The third-order valence-corrected chi connectivity index (χ3v) is 10.3. The molecule has 0 aliphatic carbocycles. The summed E-state index contributed by atoms with van der Waals surface area (Å²) in [7, 11) is -4.73. The van der Waals surface area contributed by atoms with Crippen molar-refractivity contribution in [2.24, 2.45) is 5.73 Å². The van der Waals surface area contributed by atoms with Crippen LogP contribution in [0.3, 0.4) is 0 Å². The van der Waals surface area contributed by atoms with Gasteiger partial charge >= 0.3 is 25.7 Å². The van der Waals surface area contributed by atoms with Crippen LogP contribution in [0.4, 0.5) is 0 Å². The predicted molar refractivity (Wildman–Crippen MR) is 231 cm³/mol. The third kappa shape index (κ3) is 40.0. The lowest BCUT2D eigenvalue weighted by Crippen LogP contribution is -2.34. The SMILES string of the molecule is CCCCC/C=C\C/C=C\C/C=C\C/C=C\CCCC(=O)O[C@H](COC(=O)CCCCCCCCCCCCCCCCCC)COP(=O)(O)OC[C@H](N)C(=O)O. The highest BCUT2D eigenvalue weighted by Crippen LogP contribution is 2.43. The summed E-state index contributed by atoms with van der Waals surface area (Å²) in [5.74, 6) is -2.45. The zero-order valence-electron chi connectivity index (χ0n) is 35.7. The van der Waals surface area contributed by atoms with E-state index >= 15 is 0 Å². The molecule has 4 N–H and O–H groups in total. The molecule has 330 valence electrons. The van der Waals surface area contributed by atoms with Crippen LogP contribution < -0.4 is 5.73 Å². The summed E-state index contributed by atoms with van der Waals surface area (Å²) in [6.07, 6.45) is 44.7. The zero-order valence-corrected chi connectivity index (χ0v) is 36.6. The van der Waals surface area contributed by atoms with Crippen molar-refractivity contribution in [3.05, 3.63) is 48.6 Å². The number of carboxylic acid groups (broad SMARTS) is 1. The summed E-state index contributed by atoms with van der Waals surface area (Å²) in [4.78, 5) is 45.9. The van der Waals surface area contributed by atoms with Gasteiger partial charge in [-0.05, 0) is 51.4 Å². The first kappa shape index (κ1) is 54.4. The Hall–Kier alpha value is -2.56. The molecule has 57 heavy (non-hydrogen) atoms. The van der Waals surface area contributed by atoms with Gasteiger partial charge in [-0.15, -0.1) is 0 Å². The second-order valence-electron chi connectivity index (χ2n) is 14.8. The number of esters is 2. The molecule has 1 unspecified atom stereocenters. The van der Waals surface area contributed by atoms with Crippen molar-refractivity contribution in [3.63, 3.8) is 0 Å². The number of aliphatic carboxylic acids is 1. The van der Waals surface area contributed by atoms with Gasteiger partial charge in [-0.25, -0.2) is 4.57 Å². The van der Waals surface area contributed by atoms with Gasteiger partial charge in [-0.2, -0.15) is 0 Å². The van der Waals surface area contributed by atoms with Crippen LogP contribution in [0.25, 0.3) is 0 Å². The van der Waals surface area contributed by atoms with E-state index in [4.69, 9.17) is 24.8 Å². The normalized spacial score (nSPS) is 14.2. The summed E-state index contributed by atoms with van der Waals surface area (Å²) >= 11 is 0. The number of rotatable bonds is 41. The standard InChI is InChI=1S/C45H80NO10P/c1-3-5-7-9-11-13-15-17-19-21-23-25-27-29-31-33-35-37-44(48)56-41(39-54-57(51,52)55-40-42(46)45(49)50)38-53-43(47)36-34-32-30-28-26-24-22-20-18-16-14-12-10-8-6-4-2/h11,13,17,19,23,25,29,31,41-42H,3-10,12,14-16,18,20-22,24,26-28,30,32-40,46H2,1-2H3,(H,49,50)(H,51,52)/b13-11-,19-17-,25-23-,31-29-/t41-,42+/m1/s1. The minimum absolute atomic E-state index is 0.0857. The van der Waals surface area contributed by atoms with Gasteiger partial charge in [-0.1, -0.05) is 172 Å². The van der Waals surface area contributed by atoms with Crippen molar-refractivity contribution >= 4 is 25.7 Å². The minimum Gasteiger partial charge on any atom is -0.480 e. The Morgan fingerprint density at radius 3 is 1.44 bits per heavy atom. The highest BCUT2D eigenvalue weighted by Gasteiger charge is 2.28. The fourth-order valence-corrected chi connectivity index (χ4v) is 6.60. The van der Waals surface area contributed by atoms with Crippen molar-refractivity contribution in [2.75, 3.05) is 19.8 Å². The first-order valence-corrected chi connectivity index (χ1v) is 23.7. The Morgan fingerprint density at radius 2 is 0.947 bits per heavy atom. The second kappa shape index (κ2) is 40.2. The number of carbonyl (C=O) groups excluding carboxylic acids is 2. The number of hydrogen-bond acceptors (Lipinski definition) is 9. The molecule has 0 spiro atoms. The molecule has 0 heterocycles. The monoisotopic (exact) mass is 826 g/mol.